The van der Waals surface area contributed by atoms with Crippen molar-refractivity contribution in [2.24, 2.45) is 0 Å². The molecule has 0 N–H and O–H groups in total. The lowest BCUT2D eigenvalue weighted by molar-refractivity contribution is 0.558. The van der Waals surface area contributed by atoms with Crippen molar-refractivity contribution in [3.05, 3.63) is 0 Å². The lowest BCUT2D eigenvalue weighted by Crippen LogP contribution is -2.07. The van der Waals surface area contributed by atoms with Crippen LogP contribution in [0.4, 0.5) is 0 Å². The third-order valence-electron chi connectivity index (χ3n) is 6.19. The van der Waals surface area contributed by atoms with Gasteiger partial charge in [0.05, 0.1) is 20.2 Å². The number of hydrogen-bond acceptors (Lipinski definition) is 2. The Labute approximate surface area is 184 Å². The van der Waals surface area contributed by atoms with Crippen molar-refractivity contribution < 1.29 is 9.13 Å². The van der Waals surface area contributed by atoms with Crippen LogP contribution in [0.3, 0.4) is 0 Å². The highest BCUT2D eigenvalue weighted by Crippen LogP contribution is 2.63. The Morgan fingerprint density at radius 2 is 0.655 bits per heavy atom. The van der Waals surface area contributed by atoms with Gasteiger partial charge in [-0.3, -0.25) is 0 Å². The van der Waals surface area contributed by atoms with Crippen molar-refractivity contribution in [2.45, 2.75) is 130 Å². The molecule has 0 aliphatic heterocycles. The molecular weight excluding hydrogens is 394 g/mol. The van der Waals surface area contributed by atoms with E-state index in [0.717, 1.165) is 63.2 Å². The fourth-order valence-electron chi connectivity index (χ4n) is 4.23. The maximum atomic E-state index is 14.0. The zero-order valence-electron chi connectivity index (χ0n) is 20.6. The third kappa shape index (κ3) is 16.8. The minimum Gasteiger partial charge on any atom is -0.323 e. The van der Waals surface area contributed by atoms with Crippen LogP contribution < -0.4 is 0 Å². The second-order valence-electron chi connectivity index (χ2n) is 9.39. The maximum Gasteiger partial charge on any atom is 0.0947 e. The Morgan fingerprint density at radius 1 is 0.379 bits per heavy atom. The Morgan fingerprint density at radius 3 is 1.00 bits per heavy atom. The van der Waals surface area contributed by atoms with Gasteiger partial charge < -0.3 is 9.13 Å². The van der Waals surface area contributed by atoms with Gasteiger partial charge in [0.25, 0.3) is 0 Å². The minimum atomic E-state index is -2.30. The molecule has 2 nitrogen and oxygen atoms in total. The predicted octanol–water partition coefficient (Wildman–Crippen LogP) is 9.99. The lowest BCUT2D eigenvalue weighted by atomic mass is 10.1. The Balaban J connectivity index is 4.82. The molecule has 0 bridgehead atoms. The zero-order valence-corrected chi connectivity index (χ0v) is 22.3. The topological polar surface area (TPSA) is 34.1 Å². The molecule has 0 atom stereocenters. The molecule has 176 valence electrons. The smallest absolute Gasteiger partial charge is 0.0947 e. The van der Waals surface area contributed by atoms with Crippen molar-refractivity contribution >= 4 is 14.3 Å². The summed E-state index contributed by atoms with van der Waals surface area (Å²) >= 11 is 0. The third-order valence-corrected chi connectivity index (χ3v) is 14.8. The van der Waals surface area contributed by atoms with Crippen LogP contribution in [0.5, 0.6) is 0 Å². The van der Waals surface area contributed by atoms with Crippen LogP contribution in [-0.4, -0.2) is 30.6 Å². The first kappa shape index (κ1) is 29.5. The van der Waals surface area contributed by atoms with Gasteiger partial charge in [0.2, 0.25) is 0 Å². The summed E-state index contributed by atoms with van der Waals surface area (Å²) in [5.74, 6) is 0.587. The predicted molar refractivity (Wildman–Crippen MR) is 136 cm³/mol. The van der Waals surface area contributed by atoms with Crippen molar-refractivity contribution in [3.8, 4) is 0 Å². The molecule has 0 saturated heterocycles. The van der Waals surface area contributed by atoms with E-state index < -0.39 is 14.3 Å². The van der Waals surface area contributed by atoms with Crippen molar-refractivity contribution in [1.29, 1.82) is 0 Å². The van der Waals surface area contributed by atoms with Crippen LogP contribution in [-0.2, 0) is 9.13 Å². The van der Waals surface area contributed by atoms with E-state index in [9.17, 15) is 9.13 Å². The van der Waals surface area contributed by atoms with Crippen molar-refractivity contribution in [1.82, 2.24) is 0 Å². The largest absolute Gasteiger partial charge is 0.323 e. The van der Waals surface area contributed by atoms with E-state index >= 15 is 0 Å². The molecule has 0 aliphatic carbocycles. The molecule has 0 rings (SSSR count). The van der Waals surface area contributed by atoms with Gasteiger partial charge in [0, 0.05) is 24.6 Å². The van der Waals surface area contributed by atoms with Crippen LogP contribution in [0.2, 0.25) is 0 Å². The summed E-state index contributed by atoms with van der Waals surface area (Å²) in [6.07, 6.45) is 22.6. The molecule has 0 saturated carbocycles. The molecule has 29 heavy (non-hydrogen) atoms. The second kappa shape index (κ2) is 19.2. The molecular formula is C25H54O2P2. The molecule has 0 amide bonds. The zero-order chi connectivity index (χ0) is 21.8. The highest BCUT2D eigenvalue weighted by molar-refractivity contribution is 7.80. The normalized spacial score (nSPS) is 12.6. The van der Waals surface area contributed by atoms with Crippen molar-refractivity contribution in [3.63, 3.8) is 0 Å². The first-order valence-electron chi connectivity index (χ1n) is 13.1. The molecule has 0 aromatic carbocycles. The summed E-state index contributed by atoms with van der Waals surface area (Å²) in [6, 6.07) is 0. The molecule has 0 aliphatic rings. The van der Waals surface area contributed by atoms with Gasteiger partial charge in [-0.05, 0) is 25.7 Å². The monoisotopic (exact) mass is 448 g/mol. The summed E-state index contributed by atoms with van der Waals surface area (Å²) in [5.41, 5.74) is 0. The van der Waals surface area contributed by atoms with E-state index in [1.807, 2.05) is 0 Å². The summed E-state index contributed by atoms with van der Waals surface area (Å²) < 4.78 is 27.7. The van der Waals surface area contributed by atoms with Gasteiger partial charge in [-0.2, -0.15) is 0 Å². The van der Waals surface area contributed by atoms with Crippen LogP contribution in [0.1, 0.15) is 130 Å². The first-order valence-corrected chi connectivity index (χ1v) is 17.6. The van der Waals surface area contributed by atoms with Crippen LogP contribution in [0.15, 0.2) is 0 Å². The van der Waals surface area contributed by atoms with Crippen LogP contribution in [0, 0.1) is 0 Å². The fourth-order valence-corrected chi connectivity index (χ4v) is 14.1. The Bertz CT molecular complexity index is 416. The van der Waals surface area contributed by atoms with Gasteiger partial charge >= 0.3 is 0 Å². The second-order valence-corrected chi connectivity index (χ2v) is 16.5. The highest BCUT2D eigenvalue weighted by atomic mass is 31.2. The molecule has 0 fully saturated rings. The summed E-state index contributed by atoms with van der Waals surface area (Å²) in [7, 11) is -4.57. The quantitative estimate of drug-likeness (QED) is 0.122. The molecule has 0 unspecified atom stereocenters. The lowest BCUT2D eigenvalue weighted by Gasteiger charge is -2.25. The molecule has 0 radical (unpaired) electrons. The summed E-state index contributed by atoms with van der Waals surface area (Å²) in [4.78, 5) is 0. The molecule has 0 spiro atoms. The van der Waals surface area contributed by atoms with Gasteiger partial charge in [-0.1, -0.05) is 105 Å². The average molecular weight is 449 g/mol. The summed E-state index contributed by atoms with van der Waals surface area (Å²) in [6.45, 7) is 8.85. The van der Waals surface area contributed by atoms with Crippen molar-refractivity contribution in [2.75, 3.05) is 30.6 Å². The van der Waals surface area contributed by atoms with Gasteiger partial charge in [0.15, 0.2) is 0 Å². The number of hydrogen-bond donors (Lipinski definition) is 0. The van der Waals surface area contributed by atoms with Crippen LogP contribution >= 0.6 is 14.3 Å². The Hall–Kier alpha value is 0.460. The first-order chi connectivity index (χ1) is 13.9. The maximum absolute atomic E-state index is 14.0. The molecule has 0 heterocycles. The van der Waals surface area contributed by atoms with E-state index in [4.69, 9.17) is 0 Å². The van der Waals surface area contributed by atoms with Gasteiger partial charge in [-0.15, -0.1) is 0 Å². The van der Waals surface area contributed by atoms with E-state index in [1.54, 1.807) is 0 Å². The van der Waals surface area contributed by atoms with E-state index in [-0.39, 0.29) is 0 Å². The fraction of sp³-hybridized carbons (Fsp3) is 1.00. The van der Waals surface area contributed by atoms with E-state index in [2.05, 4.69) is 27.7 Å². The molecule has 0 aromatic heterocycles. The van der Waals surface area contributed by atoms with Gasteiger partial charge in [-0.25, -0.2) is 0 Å². The van der Waals surface area contributed by atoms with Crippen LogP contribution in [0.25, 0.3) is 0 Å². The van der Waals surface area contributed by atoms with E-state index in [1.165, 1.54) is 64.2 Å². The molecule has 0 aromatic rings. The number of unbranched alkanes of at least 4 members (excludes halogenated alkanes) is 12. The standard InChI is InChI=1S/C25H54O2P2/c1-5-9-13-15-17-19-23-29(27,24-20-18-16-14-10-6-2)25-28(26,21-11-7-3)22-12-8-4/h5-25H2,1-4H3. The SMILES string of the molecule is CCCCCCCCP(=O)(CCCCCCCC)CP(=O)(CCCC)CCCC. The molecule has 4 heteroatoms. The van der Waals surface area contributed by atoms with E-state index in [0.29, 0.717) is 5.90 Å². The average Bonchev–Trinajstić information content (AvgIpc) is 2.70. The Kier molecular flexibility index (Phi) is 19.5. The number of rotatable bonds is 22. The minimum absolute atomic E-state index is 0.587. The summed E-state index contributed by atoms with van der Waals surface area (Å²) in [5, 5.41) is 0. The van der Waals surface area contributed by atoms with Gasteiger partial charge in [0.1, 0.15) is 0 Å². The highest BCUT2D eigenvalue weighted by Gasteiger charge is 2.32.